The van der Waals surface area contributed by atoms with Crippen molar-refractivity contribution < 1.29 is 14.3 Å². The van der Waals surface area contributed by atoms with E-state index in [2.05, 4.69) is 20.8 Å². The Bertz CT molecular complexity index is 716. The summed E-state index contributed by atoms with van der Waals surface area (Å²) in [6.45, 7) is 6.23. The monoisotopic (exact) mass is 415 g/mol. The smallest absolute Gasteiger partial charge is 0.237 e. The van der Waals surface area contributed by atoms with E-state index in [1.54, 1.807) is 14.2 Å². The minimum Gasteiger partial charge on any atom is -0.497 e. The second kappa shape index (κ2) is 10.0. The summed E-state index contributed by atoms with van der Waals surface area (Å²) in [5.74, 6) is 2.87. The predicted molar refractivity (Wildman–Crippen MR) is 118 cm³/mol. The summed E-state index contributed by atoms with van der Waals surface area (Å²) in [5, 5.41) is 0. The van der Waals surface area contributed by atoms with Crippen molar-refractivity contribution in [2.45, 2.75) is 51.1 Å². The topological polar surface area (TPSA) is 45.3 Å². The van der Waals surface area contributed by atoms with Crippen LogP contribution in [0.2, 0.25) is 0 Å². The van der Waals surface area contributed by atoms with Crippen molar-refractivity contribution >= 4 is 5.91 Å². The van der Waals surface area contributed by atoms with E-state index >= 15 is 0 Å². The molecule has 1 aliphatic carbocycles. The van der Waals surface area contributed by atoms with Crippen LogP contribution in [0.25, 0.3) is 0 Å². The molecule has 3 aliphatic rings. The molecular weight excluding hydrogens is 378 g/mol. The van der Waals surface area contributed by atoms with E-state index in [1.165, 1.54) is 38.5 Å². The van der Waals surface area contributed by atoms with Crippen LogP contribution in [-0.2, 0) is 11.3 Å². The molecule has 2 heterocycles. The normalized spacial score (nSPS) is 25.6. The van der Waals surface area contributed by atoms with Gasteiger partial charge in [-0.05, 0) is 49.8 Å². The molecule has 2 aliphatic heterocycles. The van der Waals surface area contributed by atoms with Crippen molar-refractivity contribution in [3.8, 4) is 11.5 Å². The molecule has 6 nitrogen and oxygen atoms in total. The first kappa shape index (κ1) is 21.4. The lowest BCUT2D eigenvalue weighted by molar-refractivity contribution is -0.139. The van der Waals surface area contributed by atoms with Gasteiger partial charge in [0.05, 0.1) is 20.8 Å². The third kappa shape index (κ3) is 4.92. The van der Waals surface area contributed by atoms with E-state index in [0.717, 1.165) is 62.2 Å². The number of nitrogens with zero attached hydrogens (tertiary/aromatic N) is 3. The minimum absolute atomic E-state index is 0.356. The lowest BCUT2D eigenvalue weighted by atomic mass is 9.78. The molecule has 0 bridgehead atoms. The van der Waals surface area contributed by atoms with Crippen LogP contribution in [0.3, 0.4) is 0 Å². The fraction of sp³-hybridized carbons (Fsp3) is 0.708. The number of methoxy groups -OCH3 is 2. The van der Waals surface area contributed by atoms with Crippen LogP contribution in [0, 0.1) is 5.92 Å². The van der Waals surface area contributed by atoms with Crippen LogP contribution in [0.1, 0.15) is 44.1 Å². The van der Waals surface area contributed by atoms with Crippen LogP contribution in [-0.4, -0.2) is 80.1 Å². The predicted octanol–water partition coefficient (Wildman–Crippen LogP) is 3.00. The molecule has 1 aromatic rings. The number of amides is 1. The molecule has 3 fully saturated rings. The minimum atomic E-state index is 0.356. The molecule has 0 unspecified atom stereocenters. The summed E-state index contributed by atoms with van der Waals surface area (Å²) in [5.41, 5.74) is 1.15. The van der Waals surface area contributed by atoms with Crippen LogP contribution >= 0.6 is 0 Å². The number of fused-ring (bicyclic) bond motifs is 1. The highest BCUT2D eigenvalue weighted by Crippen LogP contribution is 2.35. The summed E-state index contributed by atoms with van der Waals surface area (Å²) < 4.78 is 10.9. The van der Waals surface area contributed by atoms with E-state index in [0.29, 0.717) is 18.5 Å². The van der Waals surface area contributed by atoms with Gasteiger partial charge in [0.1, 0.15) is 11.5 Å². The molecule has 0 N–H and O–H groups in total. The zero-order valence-corrected chi connectivity index (χ0v) is 18.6. The van der Waals surface area contributed by atoms with E-state index in [-0.39, 0.29) is 0 Å². The molecule has 0 radical (unpaired) electrons. The van der Waals surface area contributed by atoms with Crippen molar-refractivity contribution in [1.29, 1.82) is 0 Å². The Labute approximate surface area is 181 Å². The summed E-state index contributed by atoms with van der Waals surface area (Å²) in [7, 11) is 3.41. The first-order valence-electron chi connectivity index (χ1n) is 11.6. The number of likely N-dealkylation sites (tertiary alicyclic amines) is 1. The average molecular weight is 416 g/mol. The van der Waals surface area contributed by atoms with Gasteiger partial charge in [-0.15, -0.1) is 0 Å². The SMILES string of the molecule is COc1ccc(OC)c(CN2CCN(CC(=O)N3CCC[C@H]4CCCC[C@@H]43)CC2)c1. The van der Waals surface area contributed by atoms with E-state index in [4.69, 9.17) is 9.47 Å². The maximum atomic E-state index is 13.1. The second-order valence-corrected chi connectivity index (χ2v) is 9.07. The highest BCUT2D eigenvalue weighted by atomic mass is 16.5. The van der Waals surface area contributed by atoms with Gasteiger partial charge in [-0.3, -0.25) is 14.6 Å². The van der Waals surface area contributed by atoms with Crippen molar-refractivity contribution in [3.05, 3.63) is 23.8 Å². The molecule has 4 rings (SSSR count). The molecule has 1 aromatic carbocycles. The lowest BCUT2D eigenvalue weighted by Gasteiger charge is -2.45. The Kier molecular flexibility index (Phi) is 7.16. The standard InChI is InChI=1S/C24H37N3O3/c1-29-21-9-10-23(30-2)20(16-21)17-25-12-14-26(15-13-25)18-24(28)27-11-5-7-19-6-3-4-8-22(19)27/h9-10,16,19,22H,3-8,11-15,17-18H2,1-2H3/t19-,22+/m1/s1. The zero-order valence-electron chi connectivity index (χ0n) is 18.6. The van der Waals surface area contributed by atoms with Crippen LogP contribution in [0.5, 0.6) is 11.5 Å². The Morgan fingerprint density at radius 3 is 2.43 bits per heavy atom. The maximum Gasteiger partial charge on any atom is 0.237 e. The van der Waals surface area contributed by atoms with Gasteiger partial charge in [0.15, 0.2) is 0 Å². The first-order chi connectivity index (χ1) is 14.7. The van der Waals surface area contributed by atoms with Crippen LogP contribution < -0.4 is 9.47 Å². The van der Waals surface area contributed by atoms with Gasteiger partial charge in [-0.1, -0.05) is 12.8 Å². The Hall–Kier alpha value is -1.79. The maximum absolute atomic E-state index is 13.1. The van der Waals surface area contributed by atoms with Crippen molar-refractivity contribution in [2.75, 3.05) is 53.5 Å². The Balaban J connectivity index is 1.28. The lowest BCUT2D eigenvalue weighted by Crippen LogP contribution is -2.54. The van der Waals surface area contributed by atoms with Crippen LogP contribution in [0.4, 0.5) is 0 Å². The molecule has 2 atom stereocenters. The number of ether oxygens (including phenoxy) is 2. The van der Waals surface area contributed by atoms with E-state index < -0.39 is 0 Å². The molecule has 0 spiro atoms. The summed E-state index contributed by atoms with van der Waals surface area (Å²) >= 11 is 0. The van der Waals surface area contributed by atoms with Gasteiger partial charge >= 0.3 is 0 Å². The number of carbonyl (C=O) groups excluding carboxylic acids is 1. The van der Waals surface area contributed by atoms with Gasteiger partial charge in [0.25, 0.3) is 0 Å². The number of piperazine rings is 1. The highest BCUT2D eigenvalue weighted by molar-refractivity contribution is 5.78. The largest absolute Gasteiger partial charge is 0.497 e. The number of hydrogen-bond donors (Lipinski definition) is 0. The summed E-state index contributed by atoms with van der Waals surface area (Å²) in [6.07, 6.45) is 7.68. The molecule has 166 valence electrons. The third-order valence-corrected chi connectivity index (χ3v) is 7.27. The molecule has 6 heteroatoms. The Morgan fingerprint density at radius 2 is 1.67 bits per heavy atom. The molecule has 1 amide bonds. The fourth-order valence-electron chi connectivity index (χ4n) is 5.57. The van der Waals surface area contributed by atoms with E-state index in [1.807, 2.05) is 12.1 Å². The second-order valence-electron chi connectivity index (χ2n) is 9.07. The number of carbonyl (C=O) groups is 1. The number of hydrogen-bond acceptors (Lipinski definition) is 5. The molecule has 2 saturated heterocycles. The van der Waals surface area contributed by atoms with Crippen LogP contribution in [0.15, 0.2) is 18.2 Å². The van der Waals surface area contributed by atoms with Gasteiger partial charge in [0, 0.05) is 50.9 Å². The quantitative estimate of drug-likeness (QED) is 0.715. The third-order valence-electron chi connectivity index (χ3n) is 7.27. The fourth-order valence-corrected chi connectivity index (χ4v) is 5.57. The van der Waals surface area contributed by atoms with Gasteiger partial charge in [-0.2, -0.15) is 0 Å². The number of piperidine rings is 1. The van der Waals surface area contributed by atoms with Crippen molar-refractivity contribution in [3.63, 3.8) is 0 Å². The molecule has 0 aromatic heterocycles. The molecular formula is C24H37N3O3. The number of rotatable bonds is 6. The van der Waals surface area contributed by atoms with Crippen molar-refractivity contribution in [1.82, 2.24) is 14.7 Å². The molecule has 1 saturated carbocycles. The van der Waals surface area contributed by atoms with Gasteiger partial charge < -0.3 is 14.4 Å². The number of benzene rings is 1. The van der Waals surface area contributed by atoms with Crippen molar-refractivity contribution in [2.24, 2.45) is 5.92 Å². The van der Waals surface area contributed by atoms with Gasteiger partial charge in [-0.25, -0.2) is 0 Å². The Morgan fingerprint density at radius 1 is 0.933 bits per heavy atom. The zero-order chi connectivity index (χ0) is 20.9. The summed E-state index contributed by atoms with van der Waals surface area (Å²) in [4.78, 5) is 20.1. The van der Waals surface area contributed by atoms with E-state index in [9.17, 15) is 4.79 Å². The highest BCUT2D eigenvalue weighted by Gasteiger charge is 2.36. The van der Waals surface area contributed by atoms with Gasteiger partial charge in [0.2, 0.25) is 5.91 Å². The summed E-state index contributed by atoms with van der Waals surface area (Å²) in [6, 6.07) is 6.48. The average Bonchev–Trinajstić information content (AvgIpc) is 2.79. The molecule has 30 heavy (non-hydrogen) atoms. The first-order valence-corrected chi connectivity index (χ1v) is 11.6.